The highest BCUT2D eigenvalue weighted by Gasteiger charge is 2.23. The van der Waals surface area contributed by atoms with Crippen LogP contribution in [0.4, 0.5) is 11.4 Å². The van der Waals surface area contributed by atoms with Crippen LogP contribution in [-0.4, -0.2) is 35.9 Å². The van der Waals surface area contributed by atoms with E-state index in [-0.39, 0.29) is 37.2 Å². The van der Waals surface area contributed by atoms with E-state index in [2.05, 4.69) is 17.4 Å². The molecule has 7 nitrogen and oxygen atoms in total. The molecule has 7 heteroatoms. The molecule has 5 N–H and O–H groups in total. The van der Waals surface area contributed by atoms with Gasteiger partial charge < -0.3 is 21.1 Å². The summed E-state index contributed by atoms with van der Waals surface area (Å²) in [6, 6.07) is 14.7. The minimum absolute atomic E-state index is 0.0295. The average Bonchev–Trinajstić information content (AvgIpc) is 2.83. The number of anilines is 2. The lowest BCUT2D eigenvalue weighted by Crippen LogP contribution is -2.36. The Hall–Kier alpha value is -3.19. The molecular formula is C26H34N4O3. The summed E-state index contributed by atoms with van der Waals surface area (Å²) in [6.45, 7) is 1.74. The molecule has 1 atom stereocenters. The van der Waals surface area contributed by atoms with Crippen LogP contribution in [0.2, 0.25) is 0 Å². The predicted molar refractivity (Wildman–Crippen MR) is 132 cm³/mol. The number of hydrogen-bond acceptors (Lipinski definition) is 4. The molecule has 3 rings (SSSR count). The second-order valence-corrected chi connectivity index (χ2v) is 8.78. The van der Waals surface area contributed by atoms with Crippen molar-refractivity contribution in [3.8, 4) is 0 Å². The first-order valence-electron chi connectivity index (χ1n) is 11.7. The Kier molecular flexibility index (Phi) is 8.60. The van der Waals surface area contributed by atoms with E-state index in [0.29, 0.717) is 17.2 Å². The molecule has 33 heavy (non-hydrogen) atoms. The van der Waals surface area contributed by atoms with E-state index in [1.165, 1.54) is 37.7 Å². The van der Waals surface area contributed by atoms with Gasteiger partial charge in [0, 0.05) is 35.8 Å². The van der Waals surface area contributed by atoms with Crippen molar-refractivity contribution in [3.63, 3.8) is 0 Å². The molecule has 2 aromatic rings. The number of aliphatic hydroxyl groups excluding tert-OH is 1. The Morgan fingerprint density at radius 3 is 2.30 bits per heavy atom. The molecule has 0 bridgehead atoms. The van der Waals surface area contributed by atoms with Gasteiger partial charge in [-0.3, -0.25) is 15.0 Å². The summed E-state index contributed by atoms with van der Waals surface area (Å²) in [4.78, 5) is 27.2. The van der Waals surface area contributed by atoms with Gasteiger partial charge in [-0.05, 0) is 60.7 Å². The number of amidine groups is 1. The summed E-state index contributed by atoms with van der Waals surface area (Å²) in [5, 5.41) is 19.7. The number of nitrogens with one attached hydrogen (secondary N) is 2. The molecule has 1 aliphatic rings. The Morgan fingerprint density at radius 1 is 1.09 bits per heavy atom. The third kappa shape index (κ3) is 6.65. The maximum atomic E-state index is 13.0. The Bertz CT molecular complexity index is 951. The molecule has 0 heterocycles. The first kappa shape index (κ1) is 24.5. The number of nitrogen functional groups attached to an aromatic ring is 1. The van der Waals surface area contributed by atoms with Gasteiger partial charge in [-0.25, -0.2) is 0 Å². The van der Waals surface area contributed by atoms with Crippen molar-refractivity contribution in [2.75, 3.05) is 23.4 Å². The Morgan fingerprint density at radius 2 is 1.73 bits per heavy atom. The van der Waals surface area contributed by atoms with Gasteiger partial charge in [0.1, 0.15) is 5.84 Å². The van der Waals surface area contributed by atoms with Crippen molar-refractivity contribution >= 4 is 29.0 Å². The van der Waals surface area contributed by atoms with Gasteiger partial charge in [0.05, 0.1) is 6.61 Å². The van der Waals surface area contributed by atoms with Crippen LogP contribution in [-0.2, 0) is 9.59 Å². The molecule has 2 aromatic carbocycles. The standard InChI is InChI=1S/C26H34N4O3/c1-18(26(33)29-22-11-7-21(8-12-22)25(27)28)17-24(32)30(15-16-31)23-13-9-20(10-14-23)19-5-3-2-4-6-19/h7-14,18-19,31H,2-6,15-17H2,1H3,(H3,27,28)(H,29,33). The fourth-order valence-corrected chi connectivity index (χ4v) is 4.32. The molecular weight excluding hydrogens is 416 g/mol. The van der Waals surface area contributed by atoms with Crippen LogP contribution in [0.15, 0.2) is 48.5 Å². The molecule has 0 aromatic heterocycles. The summed E-state index contributed by atoms with van der Waals surface area (Å²) in [5.41, 5.74) is 8.65. The first-order chi connectivity index (χ1) is 15.9. The molecule has 1 unspecified atom stereocenters. The molecule has 0 saturated heterocycles. The van der Waals surface area contributed by atoms with E-state index < -0.39 is 5.92 Å². The van der Waals surface area contributed by atoms with Crippen molar-refractivity contribution in [3.05, 3.63) is 59.7 Å². The third-order valence-electron chi connectivity index (χ3n) is 6.30. The topological polar surface area (TPSA) is 120 Å². The molecule has 0 aliphatic heterocycles. The van der Waals surface area contributed by atoms with Crippen LogP contribution in [0.25, 0.3) is 0 Å². The van der Waals surface area contributed by atoms with Gasteiger partial charge in [0.25, 0.3) is 0 Å². The zero-order valence-electron chi connectivity index (χ0n) is 19.2. The fraction of sp³-hybridized carbons (Fsp3) is 0.423. The van der Waals surface area contributed by atoms with E-state index in [0.717, 1.165) is 5.69 Å². The van der Waals surface area contributed by atoms with Gasteiger partial charge in [-0.1, -0.05) is 38.3 Å². The SMILES string of the molecule is CC(CC(=O)N(CCO)c1ccc(C2CCCCC2)cc1)C(=O)Nc1ccc(C(=N)N)cc1. The van der Waals surface area contributed by atoms with Crippen LogP contribution in [0.1, 0.15) is 62.5 Å². The normalized spacial score (nSPS) is 15.0. The highest BCUT2D eigenvalue weighted by atomic mass is 16.3. The Balaban J connectivity index is 1.61. The molecule has 2 amide bonds. The monoisotopic (exact) mass is 450 g/mol. The third-order valence-corrected chi connectivity index (χ3v) is 6.30. The van der Waals surface area contributed by atoms with Crippen LogP contribution >= 0.6 is 0 Å². The summed E-state index contributed by atoms with van der Waals surface area (Å²) < 4.78 is 0. The summed E-state index contributed by atoms with van der Waals surface area (Å²) in [6.07, 6.45) is 6.29. The van der Waals surface area contributed by atoms with Gasteiger partial charge >= 0.3 is 0 Å². The number of amides is 2. The Labute approximate surface area is 195 Å². The van der Waals surface area contributed by atoms with Crippen LogP contribution in [0.5, 0.6) is 0 Å². The highest BCUT2D eigenvalue weighted by Crippen LogP contribution is 2.33. The van der Waals surface area contributed by atoms with Crippen molar-refractivity contribution < 1.29 is 14.7 Å². The van der Waals surface area contributed by atoms with Crippen LogP contribution < -0.4 is 16.0 Å². The summed E-state index contributed by atoms with van der Waals surface area (Å²) in [7, 11) is 0. The first-order valence-corrected chi connectivity index (χ1v) is 11.7. The number of rotatable bonds is 9. The lowest BCUT2D eigenvalue weighted by atomic mass is 9.84. The number of benzene rings is 2. The number of nitrogens with two attached hydrogens (primary N) is 1. The number of aliphatic hydroxyl groups is 1. The minimum Gasteiger partial charge on any atom is -0.395 e. The lowest BCUT2D eigenvalue weighted by molar-refractivity contribution is -0.125. The molecule has 1 fully saturated rings. The second-order valence-electron chi connectivity index (χ2n) is 8.78. The maximum absolute atomic E-state index is 13.0. The molecule has 176 valence electrons. The molecule has 1 saturated carbocycles. The van der Waals surface area contributed by atoms with Gasteiger partial charge in [0.2, 0.25) is 11.8 Å². The number of carbonyl (C=O) groups is 2. The van der Waals surface area contributed by atoms with E-state index in [1.54, 1.807) is 36.1 Å². The number of nitrogens with zero attached hydrogens (tertiary/aromatic N) is 1. The molecule has 0 radical (unpaired) electrons. The zero-order chi connectivity index (χ0) is 23.8. The highest BCUT2D eigenvalue weighted by molar-refractivity contribution is 6.00. The maximum Gasteiger partial charge on any atom is 0.227 e. The second kappa shape index (κ2) is 11.6. The predicted octanol–water partition coefficient (Wildman–Crippen LogP) is 4.01. The summed E-state index contributed by atoms with van der Waals surface area (Å²) >= 11 is 0. The van der Waals surface area contributed by atoms with Crippen LogP contribution in [0, 0.1) is 11.3 Å². The van der Waals surface area contributed by atoms with Crippen LogP contribution in [0.3, 0.4) is 0 Å². The average molecular weight is 451 g/mol. The smallest absolute Gasteiger partial charge is 0.227 e. The van der Waals surface area contributed by atoms with Gasteiger partial charge in [-0.15, -0.1) is 0 Å². The fourth-order valence-electron chi connectivity index (χ4n) is 4.32. The minimum atomic E-state index is -0.548. The van der Waals surface area contributed by atoms with E-state index >= 15 is 0 Å². The quantitative estimate of drug-likeness (QED) is 0.341. The van der Waals surface area contributed by atoms with Crippen molar-refractivity contribution in [1.29, 1.82) is 5.41 Å². The largest absolute Gasteiger partial charge is 0.395 e. The molecule has 1 aliphatic carbocycles. The molecule has 0 spiro atoms. The van der Waals surface area contributed by atoms with Crippen molar-refractivity contribution in [2.24, 2.45) is 11.7 Å². The number of carbonyl (C=O) groups excluding carboxylic acids is 2. The number of hydrogen-bond donors (Lipinski definition) is 4. The zero-order valence-corrected chi connectivity index (χ0v) is 19.2. The van der Waals surface area contributed by atoms with E-state index in [1.807, 2.05) is 12.1 Å². The van der Waals surface area contributed by atoms with E-state index in [9.17, 15) is 14.7 Å². The van der Waals surface area contributed by atoms with Crippen molar-refractivity contribution in [2.45, 2.75) is 51.4 Å². The lowest BCUT2D eigenvalue weighted by Gasteiger charge is -2.25. The van der Waals surface area contributed by atoms with Gasteiger partial charge in [-0.2, -0.15) is 0 Å². The van der Waals surface area contributed by atoms with Gasteiger partial charge in [0.15, 0.2) is 0 Å². The van der Waals surface area contributed by atoms with Crippen molar-refractivity contribution in [1.82, 2.24) is 0 Å². The summed E-state index contributed by atoms with van der Waals surface area (Å²) in [5.74, 6) is -0.474. The van der Waals surface area contributed by atoms with E-state index in [4.69, 9.17) is 11.1 Å².